The zero-order chi connectivity index (χ0) is 13.1. The van der Waals surface area contributed by atoms with E-state index in [1.54, 1.807) is 5.57 Å². The van der Waals surface area contributed by atoms with Crippen molar-refractivity contribution in [1.29, 1.82) is 0 Å². The predicted molar refractivity (Wildman–Crippen MR) is 79.0 cm³/mol. The van der Waals surface area contributed by atoms with Crippen molar-refractivity contribution in [3.05, 3.63) is 11.6 Å². The number of hydrogen-bond acceptors (Lipinski definition) is 2. The summed E-state index contributed by atoms with van der Waals surface area (Å²) in [5, 5.41) is 3.72. The van der Waals surface area contributed by atoms with Gasteiger partial charge in [-0.25, -0.2) is 0 Å². The molecule has 1 atom stereocenters. The second-order valence-corrected chi connectivity index (χ2v) is 5.22. The fourth-order valence-electron chi connectivity index (χ4n) is 2.63. The lowest BCUT2D eigenvalue weighted by Crippen LogP contribution is -2.32. The van der Waals surface area contributed by atoms with Crippen LogP contribution < -0.4 is 5.32 Å². The highest BCUT2D eigenvalue weighted by Crippen LogP contribution is 2.22. The van der Waals surface area contributed by atoms with E-state index in [-0.39, 0.29) is 0 Å². The van der Waals surface area contributed by atoms with E-state index in [4.69, 9.17) is 4.74 Å². The molecule has 0 saturated heterocycles. The molecule has 1 unspecified atom stereocenters. The molecule has 1 N–H and O–H groups in total. The van der Waals surface area contributed by atoms with Gasteiger partial charge in [-0.2, -0.15) is 0 Å². The van der Waals surface area contributed by atoms with Crippen LogP contribution in [-0.4, -0.2) is 25.8 Å². The third kappa shape index (κ3) is 6.55. The maximum absolute atomic E-state index is 5.45. The van der Waals surface area contributed by atoms with E-state index in [1.165, 1.54) is 51.4 Å². The van der Waals surface area contributed by atoms with Gasteiger partial charge in [0.25, 0.3) is 0 Å². The Morgan fingerprint density at radius 1 is 1.28 bits per heavy atom. The Balaban J connectivity index is 2.39. The van der Waals surface area contributed by atoms with Crippen LogP contribution in [0.15, 0.2) is 11.6 Å². The van der Waals surface area contributed by atoms with Gasteiger partial charge >= 0.3 is 0 Å². The lowest BCUT2D eigenvalue weighted by Gasteiger charge is -2.21. The summed E-state index contributed by atoms with van der Waals surface area (Å²) < 4.78 is 5.45. The Morgan fingerprint density at radius 3 is 2.94 bits per heavy atom. The molecule has 2 heteroatoms. The summed E-state index contributed by atoms with van der Waals surface area (Å²) in [6.07, 6.45) is 12.9. The fraction of sp³-hybridized carbons (Fsp3) is 0.875. The van der Waals surface area contributed by atoms with Gasteiger partial charge in [0.2, 0.25) is 0 Å². The summed E-state index contributed by atoms with van der Waals surface area (Å²) in [6.45, 7) is 7.20. The van der Waals surface area contributed by atoms with Gasteiger partial charge in [-0.15, -0.1) is 0 Å². The first-order valence-electron chi connectivity index (χ1n) is 7.88. The first-order chi connectivity index (χ1) is 8.88. The van der Waals surface area contributed by atoms with E-state index < -0.39 is 0 Å². The molecule has 0 heterocycles. The molecule has 0 radical (unpaired) electrons. The Bertz CT molecular complexity index is 225. The van der Waals surface area contributed by atoms with Crippen LogP contribution >= 0.6 is 0 Å². The van der Waals surface area contributed by atoms with Crippen LogP contribution in [0.1, 0.15) is 65.2 Å². The first kappa shape index (κ1) is 15.7. The van der Waals surface area contributed by atoms with Crippen LogP contribution in [0.25, 0.3) is 0 Å². The minimum Gasteiger partial charge on any atom is -0.382 e. The van der Waals surface area contributed by atoms with Gasteiger partial charge < -0.3 is 10.1 Å². The van der Waals surface area contributed by atoms with Crippen LogP contribution in [-0.2, 0) is 4.74 Å². The predicted octanol–water partition coefficient (Wildman–Crippen LogP) is 4.06. The monoisotopic (exact) mass is 253 g/mol. The smallest absolute Gasteiger partial charge is 0.0466 e. The molecule has 0 bridgehead atoms. The summed E-state index contributed by atoms with van der Waals surface area (Å²) in [5.41, 5.74) is 1.66. The van der Waals surface area contributed by atoms with Crippen LogP contribution in [0, 0.1) is 0 Å². The molecule has 106 valence electrons. The molecule has 0 fully saturated rings. The Hall–Kier alpha value is -0.340. The fourth-order valence-corrected chi connectivity index (χ4v) is 2.63. The topological polar surface area (TPSA) is 21.3 Å². The molecule has 0 aromatic heterocycles. The quantitative estimate of drug-likeness (QED) is 0.494. The van der Waals surface area contributed by atoms with Crippen molar-refractivity contribution < 1.29 is 4.74 Å². The highest BCUT2D eigenvalue weighted by Gasteiger charge is 2.14. The van der Waals surface area contributed by atoms with Gasteiger partial charge in [0, 0.05) is 19.3 Å². The van der Waals surface area contributed by atoms with Gasteiger partial charge in [0.05, 0.1) is 0 Å². The number of ether oxygens (including phenoxy) is 1. The van der Waals surface area contributed by atoms with Crippen molar-refractivity contribution in [3.63, 3.8) is 0 Å². The molecule has 1 aliphatic rings. The lowest BCUT2D eigenvalue weighted by atomic mass is 9.97. The van der Waals surface area contributed by atoms with Crippen molar-refractivity contribution in [2.24, 2.45) is 0 Å². The molecule has 0 aromatic carbocycles. The maximum Gasteiger partial charge on any atom is 0.0466 e. The zero-order valence-electron chi connectivity index (χ0n) is 12.3. The van der Waals surface area contributed by atoms with Crippen LogP contribution in [0.5, 0.6) is 0 Å². The standard InChI is InChI=1S/C16H31NO/c1-3-13-17-16(12-9-14-18-4-2)15-10-7-5-6-8-11-15/h10,16-17H,3-9,11-14H2,1-2H3. The van der Waals surface area contributed by atoms with Crippen molar-refractivity contribution >= 4 is 0 Å². The lowest BCUT2D eigenvalue weighted by molar-refractivity contribution is 0.141. The Labute approximate surface area is 113 Å². The SMILES string of the molecule is CCCNC(CCCOCC)C1=CCCCCC1. The third-order valence-corrected chi connectivity index (χ3v) is 3.65. The molecular formula is C16H31NO. The van der Waals surface area contributed by atoms with Crippen molar-refractivity contribution in [1.82, 2.24) is 5.32 Å². The maximum atomic E-state index is 5.45. The second-order valence-electron chi connectivity index (χ2n) is 5.22. The first-order valence-corrected chi connectivity index (χ1v) is 7.88. The van der Waals surface area contributed by atoms with E-state index in [2.05, 4.69) is 25.2 Å². The number of hydrogen-bond donors (Lipinski definition) is 1. The van der Waals surface area contributed by atoms with Crippen LogP contribution in [0.4, 0.5) is 0 Å². The van der Waals surface area contributed by atoms with Crippen molar-refractivity contribution in [2.45, 2.75) is 71.3 Å². The Kier molecular flexibility index (Phi) is 9.23. The molecule has 0 aliphatic heterocycles. The van der Waals surface area contributed by atoms with Gasteiger partial charge in [-0.3, -0.25) is 0 Å². The summed E-state index contributed by atoms with van der Waals surface area (Å²) in [5.74, 6) is 0. The largest absolute Gasteiger partial charge is 0.382 e. The van der Waals surface area contributed by atoms with Gasteiger partial charge in [-0.1, -0.05) is 25.0 Å². The number of allylic oxidation sites excluding steroid dienone is 1. The average Bonchev–Trinajstić information content (AvgIpc) is 2.67. The molecule has 0 saturated carbocycles. The Morgan fingerprint density at radius 2 is 2.17 bits per heavy atom. The van der Waals surface area contributed by atoms with E-state index in [1.807, 2.05) is 0 Å². The van der Waals surface area contributed by atoms with Gasteiger partial charge in [-0.05, 0) is 58.4 Å². The highest BCUT2D eigenvalue weighted by atomic mass is 16.5. The van der Waals surface area contributed by atoms with E-state index >= 15 is 0 Å². The molecular weight excluding hydrogens is 222 g/mol. The van der Waals surface area contributed by atoms with Crippen LogP contribution in [0.2, 0.25) is 0 Å². The van der Waals surface area contributed by atoms with E-state index in [9.17, 15) is 0 Å². The third-order valence-electron chi connectivity index (χ3n) is 3.65. The molecule has 0 aromatic rings. The average molecular weight is 253 g/mol. The van der Waals surface area contributed by atoms with E-state index in [0.29, 0.717) is 6.04 Å². The molecule has 0 spiro atoms. The molecule has 1 rings (SSSR count). The van der Waals surface area contributed by atoms with E-state index in [0.717, 1.165) is 19.8 Å². The zero-order valence-corrected chi connectivity index (χ0v) is 12.3. The summed E-state index contributed by atoms with van der Waals surface area (Å²) in [6, 6.07) is 0.600. The van der Waals surface area contributed by atoms with Gasteiger partial charge in [0.1, 0.15) is 0 Å². The molecule has 18 heavy (non-hydrogen) atoms. The van der Waals surface area contributed by atoms with Crippen LogP contribution in [0.3, 0.4) is 0 Å². The number of rotatable bonds is 9. The van der Waals surface area contributed by atoms with Crippen molar-refractivity contribution in [2.75, 3.05) is 19.8 Å². The number of nitrogens with one attached hydrogen (secondary N) is 1. The normalized spacial score (nSPS) is 18.2. The summed E-state index contributed by atoms with van der Waals surface area (Å²) in [7, 11) is 0. The molecule has 2 nitrogen and oxygen atoms in total. The van der Waals surface area contributed by atoms with Crippen molar-refractivity contribution in [3.8, 4) is 0 Å². The molecule has 1 aliphatic carbocycles. The second kappa shape index (κ2) is 10.6. The molecule has 0 amide bonds. The minimum atomic E-state index is 0.600. The summed E-state index contributed by atoms with van der Waals surface area (Å²) >= 11 is 0. The van der Waals surface area contributed by atoms with Gasteiger partial charge in [0.15, 0.2) is 0 Å². The summed E-state index contributed by atoms with van der Waals surface area (Å²) in [4.78, 5) is 0. The minimum absolute atomic E-state index is 0.600. The highest BCUT2D eigenvalue weighted by molar-refractivity contribution is 5.12.